The molecule has 5 nitrogen and oxygen atoms in total. The van der Waals surface area contributed by atoms with E-state index in [4.69, 9.17) is 0 Å². The maximum atomic E-state index is 12.5. The molecule has 3 N–H and O–H groups in total. The smallest absolute Gasteiger partial charge is 0.190 e. The Labute approximate surface area is 159 Å². The minimum absolute atomic E-state index is 0.0148. The van der Waals surface area contributed by atoms with Gasteiger partial charge in [-0.1, -0.05) is 31.1 Å². The SMILES string of the molecule is C[C@H]1C[C@H]2C3=C([C@@H](O)C[C@]2(C)[C@@]1(O)C(=O)CO)[C@@]1(C)C=CC(=O)C=C1CC3. The Bertz CT molecular complexity index is 821. The minimum atomic E-state index is -1.64. The number of aliphatic hydroxyl groups is 3. The Hall–Kier alpha value is -1.56. The molecule has 0 aromatic carbocycles. The van der Waals surface area contributed by atoms with E-state index in [1.807, 2.05) is 26.8 Å². The van der Waals surface area contributed by atoms with Crippen molar-refractivity contribution in [1.82, 2.24) is 0 Å². The van der Waals surface area contributed by atoms with Gasteiger partial charge in [-0.25, -0.2) is 0 Å². The van der Waals surface area contributed by atoms with Gasteiger partial charge in [-0.15, -0.1) is 0 Å². The van der Waals surface area contributed by atoms with Crippen molar-refractivity contribution >= 4 is 11.6 Å². The van der Waals surface area contributed by atoms with Crippen LogP contribution in [-0.2, 0) is 9.59 Å². The molecule has 4 aliphatic carbocycles. The monoisotopic (exact) mass is 372 g/mol. The first-order valence-corrected chi connectivity index (χ1v) is 9.82. The third-order valence-electron chi connectivity index (χ3n) is 8.02. The molecule has 1 saturated carbocycles. The summed E-state index contributed by atoms with van der Waals surface area (Å²) < 4.78 is 0. The first-order chi connectivity index (χ1) is 12.6. The topological polar surface area (TPSA) is 94.8 Å². The lowest BCUT2D eigenvalue weighted by atomic mass is 9.52. The average molecular weight is 372 g/mol. The molecule has 6 atom stereocenters. The van der Waals surface area contributed by atoms with Crippen molar-refractivity contribution in [3.8, 4) is 0 Å². The van der Waals surface area contributed by atoms with E-state index in [0.717, 1.165) is 29.6 Å². The number of fused-ring (bicyclic) bond motifs is 4. The highest BCUT2D eigenvalue weighted by atomic mass is 16.3. The van der Waals surface area contributed by atoms with Crippen molar-refractivity contribution in [3.05, 3.63) is 34.9 Å². The van der Waals surface area contributed by atoms with Crippen LogP contribution in [0.3, 0.4) is 0 Å². The summed E-state index contributed by atoms with van der Waals surface area (Å²) in [6.07, 6.45) is 6.76. The number of carbonyl (C=O) groups is 2. The second-order valence-corrected chi connectivity index (χ2v) is 9.22. The van der Waals surface area contributed by atoms with E-state index in [1.54, 1.807) is 12.2 Å². The van der Waals surface area contributed by atoms with Crippen LogP contribution in [0.5, 0.6) is 0 Å². The maximum absolute atomic E-state index is 12.5. The van der Waals surface area contributed by atoms with Gasteiger partial charge in [-0.3, -0.25) is 9.59 Å². The van der Waals surface area contributed by atoms with E-state index in [2.05, 4.69) is 0 Å². The Morgan fingerprint density at radius 3 is 2.67 bits per heavy atom. The van der Waals surface area contributed by atoms with Crippen LogP contribution in [0.1, 0.15) is 46.5 Å². The third kappa shape index (κ3) is 2.16. The highest BCUT2D eigenvalue weighted by molar-refractivity contribution is 6.01. The zero-order valence-corrected chi connectivity index (χ0v) is 16.2. The molecule has 0 spiro atoms. The number of rotatable bonds is 2. The van der Waals surface area contributed by atoms with Crippen molar-refractivity contribution in [1.29, 1.82) is 0 Å². The summed E-state index contributed by atoms with van der Waals surface area (Å²) in [4.78, 5) is 24.4. The quantitative estimate of drug-likeness (QED) is 0.643. The van der Waals surface area contributed by atoms with Crippen molar-refractivity contribution in [2.45, 2.75) is 58.2 Å². The van der Waals surface area contributed by atoms with Gasteiger partial charge in [0.2, 0.25) is 0 Å². The standard InChI is InChI=1S/C22H28O5/c1-12-8-16-15-5-4-13-9-14(24)6-7-20(13,2)19(15)17(25)10-21(16,3)22(12,27)18(26)11-23/h6-7,9,12,16-17,23,25,27H,4-5,8,10-11H2,1-3H3/t12-,16-,17-,20-,21-,22-/m0/s1. The van der Waals surface area contributed by atoms with Gasteiger partial charge in [0.25, 0.3) is 0 Å². The van der Waals surface area contributed by atoms with Crippen LogP contribution in [0.2, 0.25) is 0 Å². The summed E-state index contributed by atoms with van der Waals surface area (Å²) in [6, 6.07) is 0. The van der Waals surface area contributed by atoms with Crippen LogP contribution in [0.25, 0.3) is 0 Å². The molecular weight excluding hydrogens is 344 g/mol. The molecule has 0 heterocycles. The molecule has 4 aliphatic rings. The van der Waals surface area contributed by atoms with Gasteiger partial charge < -0.3 is 15.3 Å². The number of ketones is 2. The Kier molecular flexibility index (Phi) is 3.98. The van der Waals surface area contributed by atoms with E-state index < -0.39 is 34.9 Å². The fourth-order valence-corrected chi connectivity index (χ4v) is 6.63. The lowest BCUT2D eigenvalue weighted by molar-refractivity contribution is -0.163. The lowest BCUT2D eigenvalue weighted by Crippen LogP contribution is -2.58. The Morgan fingerprint density at radius 1 is 1.30 bits per heavy atom. The molecule has 5 heteroatoms. The van der Waals surface area contributed by atoms with E-state index >= 15 is 0 Å². The number of aliphatic hydroxyl groups excluding tert-OH is 2. The Morgan fingerprint density at radius 2 is 2.00 bits per heavy atom. The molecule has 0 radical (unpaired) electrons. The van der Waals surface area contributed by atoms with Gasteiger partial charge in [0, 0.05) is 10.8 Å². The highest BCUT2D eigenvalue weighted by Crippen LogP contribution is 2.65. The third-order valence-corrected chi connectivity index (χ3v) is 8.02. The van der Waals surface area contributed by atoms with Crippen molar-refractivity contribution < 1.29 is 24.9 Å². The summed E-state index contributed by atoms with van der Waals surface area (Å²) in [5.74, 6) is -0.878. The Balaban J connectivity index is 1.87. The van der Waals surface area contributed by atoms with Crippen LogP contribution in [0.15, 0.2) is 34.9 Å². The van der Waals surface area contributed by atoms with Gasteiger partial charge in [0.15, 0.2) is 11.6 Å². The molecule has 4 rings (SSSR count). The van der Waals surface area contributed by atoms with Crippen molar-refractivity contribution in [2.24, 2.45) is 22.7 Å². The largest absolute Gasteiger partial charge is 0.389 e. The molecule has 1 fully saturated rings. The molecule has 0 bridgehead atoms. The normalized spacial score (nSPS) is 45.9. The predicted molar refractivity (Wildman–Crippen MR) is 99.6 cm³/mol. The maximum Gasteiger partial charge on any atom is 0.190 e. The second-order valence-electron chi connectivity index (χ2n) is 9.22. The van der Waals surface area contributed by atoms with E-state index in [-0.39, 0.29) is 24.0 Å². The van der Waals surface area contributed by atoms with Crippen molar-refractivity contribution in [2.75, 3.05) is 6.61 Å². The zero-order chi connectivity index (χ0) is 19.8. The fourth-order valence-electron chi connectivity index (χ4n) is 6.63. The van der Waals surface area contributed by atoms with E-state index in [9.17, 15) is 24.9 Å². The fraction of sp³-hybridized carbons (Fsp3) is 0.636. The second kappa shape index (κ2) is 5.72. The molecule has 0 amide bonds. The highest BCUT2D eigenvalue weighted by Gasteiger charge is 2.67. The number of hydrogen-bond donors (Lipinski definition) is 3. The summed E-state index contributed by atoms with van der Waals surface area (Å²) in [6.45, 7) is 5.10. The van der Waals surface area contributed by atoms with Crippen LogP contribution >= 0.6 is 0 Å². The number of Topliss-reactive ketones (excluding diaryl/α,β-unsaturated/α-hetero) is 1. The van der Waals surface area contributed by atoms with E-state index in [1.165, 1.54) is 0 Å². The van der Waals surface area contributed by atoms with Crippen LogP contribution in [0, 0.1) is 22.7 Å². The summed E-state index contributed by atoms with van der Waals surface area (Å²) >= 11 is 0. The first-order valence-electron chi connectivity index (χ1n) is 9.82. The first kappa shape index (κ1) is 18.8. The number of hydrogen-bond acceptors (Lipinski definition) is 5. The van der Waals surface area contributed by atoms with Gasteiger partial charge >= 0.3 is 0 Å². The molecule has 0 aliphatic heterocycles. The summed E-state index contributed by atoms with van der Waals surface area (Å²) in [7, 11) is 0. The number of carbonyl (C=O) groups excluding carboxylic acids is 2. The van der Waals surface area contributed by atoms with Gasteiger partial charge in [0.05, 0.1) is 6.10 Å². The molecule has 0 unspecified atom stereocenters. The zero-order valence-electron chi connectivity index (χ0n) is 16.2. The molecule has 146 valence electrons. The predicted octanol–water partition coefficient (Wildman–Crippen LogP) is 1.87. The van der Waals surface area contributed by atoms with Crippen LogP contribution in [-0.4, -0.2) is 45.2 Å². The summed E-state index contributed by atoms with van der Waals surface area (Å²) in [5.41, 5.74) is 0.178. The molecular formula is C22H28O5. The summed E-state index contributed by atoms with van der Waals surface area (Å²) in [5, 5.41) is 32.0. The molecule has 0 aromatic heterocycles. The van der Waals surface area contributed by atoms with Gasteiger partial charge in [-0.2, -0.15) is 0 Å². The molecule has 27 heavy (non-hydrogen) atoms. The van der Waals surface area contributed by atoms with Crippen LogP contribution in [0.4, 0.5) is 0 Å². The van der Waals surface area contributed by atoms with E-state index in [0.29, 0.717) is 6.42 Å². The lowest BCUT2D eigenvalue weighted by Gasteiger charge is -2.53. The number of allylic oxidation sites excluding steroid dienone is 5. The molecule has 0 saturated heterocycles. The van der Waals surface area contributed by atoms with Crippen molar-refractivity contribution in [3.63, 3.8) is 0 Å². The van der Waals surface area contributed by atoms with Gasteiger partial charge in [-0.05, 0) is 62.2 Å². The minimum Gasteiger partial charge on any atom is -0.389 e. The van der Waals surface area contributed by atoms with Crippen LogP contribution < -0.4 is 0 Å². The van der Waals surface area contributed by atoms with Gasteiger partial charge in [0.1, 0.15) is 12.2 Å². The molecule has 0 aromatic rings. The average Bonchev–Trinajstić information content (AvgIpc) is 2.82.